The number of aromatic nitrogens is 4. The summed E-state index contributed by atoms with van der Waals surface area (Å²) in [6.45, 7) is 3.01. The van der Waals surface area contributed by atoms with Gasteiger partial charge < -0.3 is 4.57 Å². The van der Waals surface area contributed by atoms with E-state index in [1.54, 1.807) is 11.8 Å². The topological polar surface area (TPSA) is 43.6 Å². The first kappa shape index (κ1) is 15.1. The van der Waals surface area contributed by atoms with Gasteiger partial charge >= 0.3 is 0 Å². The Morgan fingerprint density at radius 2 is 1.75 bits per heavy atom. The zero-order valence-electron chi connectivity index (χ0n) is 13.5. The number of hydrogen-bond donors (Lipinski definition) is 0. The van der Waals surface area contributed by atoms with E-state index in [4.69, 9.17) is 4.98 Å². The van der Waals surface area contributed by atoms with Gasteiger partial charge in [0.25, 0.3) is 0 Å². The molecule has 4 rings (SSSR count). The highest BCUT2D eigenvalue weighted by atomic mass is 32.2. The van der Waals surface area contributed by atoms with E-state index < -0.39 is 0 Å². The van der Waals surface area contributed by atoms with Crippen LogP contribution in [-0.2, 0) is 13.0 Å². The summed E-state index contributed by atoms with van der Waals surface area (Å²) in [5.41, 5.74) is 4.32. The Labute approximate surface area is 144 Å². The molecule has 0 fully saturated rings. The molecule has 0 amide bonds. The van der Waals surface area contributed by atoms with Gasteiger partial charge in [-0.2, -0.15) is 0 Å². The van der Waals surface area contributed by atoms with E-state index >= 15 is 0 Å². The largest absolute Gasteiger partial charge is 0.324 e. The highest BCUT2D eigenvalue weighted by Crippen LogP contribution is 2.27. The van der Waals surface area contributed by atoms with E-state index in [-0.39, 0.29) is 0 Å². The van der Waals surface area contributed by atoms with Crippen molar-refractivity contribution in [1.29, 1.82) is 0 Å². The summed E-state index contributed by atoms with van der Waals surface area (Å²) in [5, 5.41) is 10.6. The highest BCUT2D eigenvalue weighted by Gasteiger charge is 2.13. The van der Waals surface area contributed by atoms with Gasteiger partial charge in [-0.15, -0.1) is 10.2 Å². The fourth-order valence-corrected chi connectivity index (χ4v) is 3.75. The fourth-order valence-electron chi connectivity index (χ4n) is 2.98. The molecule has 120 valence electrons. The lowest BCUT2D eigenvalue weighted by Crippen LogP contribution is -1.99. The van der Waals surface area contributed by atoms with Crippen LogP contribution < -0.4 is 0 Å². The molecule has 0 spiro atoms. The van der Waals surface area contributed by atoms with Gasteiger partial charge in [0.05, 0.1) is 5.52 Å². The average molecular weight is 334 g/mol. The van der Waals surface area contributed by atoms with Crippen LogP contribution in [0.2, 0.25) is 0 Å². The van der Waals surface area contributed by atoms with Crippen LogP contribution in [-0.4, -0.2) is 25.5 Å². The lowest BCUT2D eigenvalue weighted by atomic mass is 10.2. The number of benzene rings is 2. The van der Waals surface area contributed by atoms with Crippen LogP contribution in [0.1, 0.15) is 12.5 Å². The molecule has 5 heteroatoms. The number of rotatable bonds is 5. The first-order chi connectivity index (χ1) is 11.9. The fraction of sp³-hybridized carbons (Fsp3) is 0.211. The molecule has 0 aliphatic carbocycles. The lowest BCUT2D eigenvalue weighted by molar-refractivity contribution is 0.789. The molecule has 4 nitrogen and oxygen atoms in total. The smallest absolute Gasteiger partial charge is 0.211 e. The maximum Gasteiger partial charge on any atom is 0.211 e. The van der Waals surface area contributed by atoms with E-state index in [1.165, 1.54) is 11.1 Å². The van der Waals surface area contributed by atoms with E-state index in [1.807, 2.05) is 12.1 Å². The van der Waals surface area contributed by atoms with E-state index in [0.29, 0.717) is 0 Å². The molecule has 0 N–H and O–H groups in total. The minimum Gasteiger partial charge on any atom is -0.324 e. The predicted octanol–water partition coefficient (Wildman–Crippen LogP) is 4.33. The number of aryl methyl sites for hydroxylation is 2. The molecule has 0 atom stereocenters. The maximum atomic E-state index is 4.77. The molecule has 2 aromatic carbocycles. The van der Waals surface area contributed by atoms with Crippen molar-refractivity contribution >= 4 is 33.8 Å². The van der Waals surface area contributed by atoms with Crippen LogP contribution in [0.25, 0.3) is 22.1 Å². The summed E-state index contributed by atoms with van der Waals surface area (Å²) in [5.74, 6) is 0.948. The van der Waals surface area contributed by atoms with Crippen molar-refractivity contribution in [2.75, 3.05) is 5.75 Å². The Bertz CT molecular complexity index is 979. The van der Waals surface area contributed by atoms with Crippen LogP contribution in [0.3, 0.4) is 0 Å². The predicted molar refractivity (Wildman–Crippen MR) is 99.4 cm³/mol. The second-order valence-electron chi connectivity index (χ2n) is 5.61. The van der Waals surface area contributed by atoms with Gasteiger partial charge in [-0.05, 0) is 25.0 Å². The molecule has 0 unspecified atom stereocenters. The molecule has 0 saturated carbocycles. The Morgan fingerprint density at radius 3 is 2.58 bits per heavy atom. The number of nitrogens with zero attached hydrogens (tertiary/aromatic N) is 4. The molecule has 2 aromatic heterocycles. The van der Waals surface area contributed by atoms with E-state index in [2.05, 4.69) is 64.2 Å². The SMILES string of the molecule is CCn1c2ccccc2c2nnc(SCCc3ccccc3)nc21. The standard InChI is InChI=1S/C19H18N4S/c1-2-23-16-11-7-6-10-15(16)17-18(23)20-19(22-21-17)24-13-12-14-8-4-3-5-9-14/h3-11H,2,12-13H2,1H3. The number of para-hydroxylation sites is 1. The minimum atomic E-state index is 0.746. The summed E-state index contributed by atoms with van der Waals surface area (Å²) in [7, 11) is 0. The van der Waals surface area contributed by atoms with Crippen molar-refractivity contribution in [3.63, 3.8) is 0 Å². The van der Waals surface area contributed by atoms with Gasteiger partial charge in [0.1, 0.15) is 5.52 Å². The van der Waals surface area contributed by atoms with Crippen LogP contribution in [0.15, 0.2) is 59.8 Å². The summed E-state index contributed by atoms with van der Waals surface area (Å²) >= 11 is 1.66. The van der Waals surface area contributed by atoms with Crippen LogP contribution in [0.4, 0.5) is 0 Å². The zero-order chi connectivity index (χ0) is 16.4. The Morgan fingerprint density at radius 1 is 0.958 bits per heavy atom. The third-order valence-corrected chi connectivity index (χ3v) is 4.97. The summed E-state index contributed by atoms with van der Waals surface area (Å²) in [6.07, 6.45) is 1.00. The molecule has 0 saturated heterocycles. The second kappa shape index (κ2) is 6.61. The van der Waals surface area contributed by atoms with Crippen LogP contribution >= 0.6 is 11.8 Å². The summed E-state index contributed by atoms with van der Waals surface area (Å²) < 4.78 is 2.21. The molecule has 0 bridgehead atoms. The first-order valence-electron chi connectivity index (χ1n) is 8.15. The quantitative estimate of drug-likeness (QED) is 0.509. The van der Waals surface area contributed by atoms with E-state index in [0.717, 1.165) is 40.4 Å². The second-order valence-corrected chi connectivity index (χ2v) is 6.67. The van der Waals surface area contributed by atoms with Crippen LogP contribution in [0.5, 0.6) is 0 Å². The Balaban J connectivity index is 1.62. The van der Waals surface area contributed by atoms with Crippen molar-refractivity contribution in [1.82, 2.24) is 19.7 Å². The van der Waals surface area contributed by atoms with Gasteiger partial charge in [0.2, 0.25) is 5.16 Å². The number of hydrogen-bond acceptors (Lipinski definition) is 4. The van der Waals surface area contributed by atoms with Gasteiger partial charge in [-0.25, -0.2) is 4.98 Å². The Kier molecular flexibility index (Phi) is 4.17. The third kappa shape index (κ3) is 2.76. The molecular formula is C19H18N4S. The molecule has 0 radical (unpaired) electrons. The third-order valence-electron chi connectivity index (χ3n) is 4.14. The average Bonchev–Trinajstić information content (AvgIpc) is 2.95. The molecular weight excluding hydrogens is 316 g/mol. The van der Waals surface area contributed by atoms with Crippen LogP contribution in [0, 0.1) is 0 Å². The highest BCUT2D eigenvalue weighted by molar-refractivity contribution is 7.99. The molecule has 0 aliphatic rings. The molecule has 4 aromatic rings. The summed E-state index contributed by atoms with van der Waals surface area (Å²) in [6, 6.07) is 18.8. The first-order valence-corrected chi connectivity index (χ1v) is 9.13. The van der Waals surface area contributed by atoms with E-state index in [9.17, 15) is 0 Å². The normalized spacial score (nSPS) is 11.4. The minimum absolute atomic E-state index is 0.746. The monoisotopic (exact) mass is 334 g/mol. The molecule has 0 aliphatic heterocycles. The van der Waals surface area contributed by atoms with Crippen molar-refractivity contribution < 1.29 is 0 Å². The maximum absolute atomic E-state index is 4.77. The van der Waals surface area contributed by atoms with Crippen molar-refractivity contribution in [3.05, 3.63) is 60.2 Å². The van der Waals surface area contributed by atoms with Gasteiger partial charge in [0, 0.05) is 17.7 Å². The molecule has 24 heavy (non-hydrogen) atoms. The number of thioether (sulfide) groups is 1. The molecule has 2 heterocycles. The number of fused-ring (bicyclic) bond motifs is 3. The van der Waals surface area contributed by atoms with Gasteiger partial charge in [-0.3, -0.25) is 0 Å². The lowest BCUT2D eigenvalue weighted by Gasteiger charge is -2.03. The van der Waals surface area contributed by atoms with Crippen molar-refractivity contribution in [2.45, 2.75) is 25.0 Å². The van der Waals surface area contributed by atoms with Gasteiger partial charge in [-0.1, -0.05) is 60.3 Å². The summed E-state index contributed by atoms with van der Waals surface area (Å²) in [4.78, 5) is 4.77. The van der Waals surface area contributed by atoms with Crippen molar-refractivity contribution in [3.8, 4) is 0 Å². The van der Waals surface area contributed by atoms with Gasteiger partial charge in [0.15, 0.2) is 5.65 Å². The zero-order valence-corrected chi connectivity index (χ0v) is 14.3. The van der Waals surface area contributed by atoms with Crippen molar-refractivity contribution in [2.24, 2.45) is 0 Å². The Hall–Kier alpha value is -2.40.